The van der Waals surface area contributed by atoms with E-state index in [1.54, 1.807) is 11.8 Å². The summed E-state index contributed by atoms with van der Waals surface area (Å²) in [6.07, 6.45) is 6.62. The lowest BCUT2D eigenvalue weighted by Crippen LogP contribution is -2.65. The van der Waals surface area contributed by atoms with E-state index in [-0.39, 0.29) is 40.2 Å². The Labute approximate surface area is 183 Å². The van der Waals surface area contributed by atoms with Crippen LogP contribution in [0, 0.1) is 11.8 Å². The molecule has 3 saturated heterocycles. The number of hydrogen-bond donors (Lipinski definition) is 2. The first-order valence-electron chi connectivity index (χ1n) is 11.5. The summed E-state index contributed by atoms with van der Waals surface area (Å²) in [5, 5.41) is 12.5. The van der Waals surface area contributed by atoms with E-state index in [2.05, 4.69) is 12.2 Å². The predicted octanol–water partition coefficient (Wildman–Crippen LogP) is 2.11. The predicted molar refractivity (Wildman–Crippen MR) is 116 cm³/mol. The third-order valence-corrected chi connectivity index (χ3v) is 8.50. The van der Waals surface area contributed by atoms with E-state index in [1.807, 2.05) is 6.92 Å². The number of rotatable bonds is 11. The van der Waals surface area contributed by atoms with Gasteiger partial charge in [0.2, 0.25) is 11.8 Å². The Balaban J connectivity index is 1.63. The Morgan fingerprint density at radius 1 is 1.27 bits per heavy atom. The number of aliphatic hydroxyl groups excluding tert-OH is 1. The Hall–Kier alpha value is -1.28. The Kier molecular flexibility index (Phi) is 8.07. The number of unbranched alkanes of at least 4 members (excludes halogenated alkanes) is 5. The van der Waals surface area contributed by atoms with Gasteiger partial charge in [-0.25, -0.2) is 4.79 Å². The van der Waals surface area contributed by atoms with Gasteiger partial charge in [0, 0.05) is 11.8 Å². The van der Waals surface area contributed by atoms with Crippen molar-refractivity contribution in [2.75, 3.05) is 13.2 Å². The van der Waals surface area contributed by atoms with Crippen LogP contribution in [0.2, 0.25) is 0 Å². The molecule has 7 atom stereocenters. The maximum Gasteiger partial charge on any atom is 0.330 e. The second-order valence-corrected chi connectivity index (χ2v) is 10.3. The Morgan fingerprint density at radius 3 is 2.60 bits per heavy atom. The minimum atomic E-state index is -0.750. The lowest BCUT2D eigenvalue weighted by Gasteiger charge is -2.47. The zero-order valence-electron chi connectivity index (χ0n) is 18.3. The van der Waals surface area contributed by atoms with Crippen LogP contribution in [0.1, 0.15) is 65.7 Å². The van der Waals surface area contributed by atoms with Crippen LogP contribution in [0.25, 0.3) is 0 Å². The fraction of sp³-hybridized carbons (Fsp3) is 0.864. The van der Waals surface area contributed by atoms with E-state index in [4.69, 9.17) is 4.74 Å². The summed E-state index contributed by atoms with van der Waals surface area (Å²) in [5.74, 6) is -1.02. The molecule has 0 aliphatic carbocycles. The molecule has 3 heterocycles. The van der Waals surface area contributed by atoms with E-state index < -0.39 is 18.1 Å². The Morgan fingerprint density at radius 2 is 1.97 bits per heavy atom. The normalized spacial score (nSPS) is 33.8. The standard InChI is InChI=1S/C22H36N2O5S/c1-4-5-6-7-8-9-12-29-22(28)18-19(30-15-10-11-23-20(15)26)13(2)17-16(14(3)25)21(27)24(17)18/h13-19,25H,4-12H2,1-3H3,(H,23,26). The van der Waals surface area contributed by atoms with E-state index in [9.17, 15) is 19.5 Å². The highest BCUT2D eigenvalue weighted by Crippen LogP contribution is 2.50. The summed E-state index contributed by atoms with van der Waals surface area (Å²) in [5.41, 5.74) is 0. The van der Waals surface area contributed by atoms with Crippen LogP contribution in [-0.4, -0.2) is 69.6 Å². The van der Waals surface area contributed by atoms with Crippen molar-refractivity contribution in [3.05, 3.63) is 0 Å². The number of hydrogen-bond acceptors (Lipinski definition) is 6. The van der Waals surface area contributed by atoms with Gasteiger partial charge in [-0.15, -0.1) is 11.8 Å². The van der Waals surface area contributed by atoms with Gasteiger partial charge in [0.15, 0.2) is 0 Å². The number of carbonyl (C=O) groups is 3. The zero-order chi connectivity index (χ0) is 21.8. The molecule has 8 heteroatoms. The number of nitrogens with one attached hydrogen (secondary N) is 1. The third kappa shape index (κ3) is 4.64. The minimum Gasteiger partial charge on any atom is -0.464 e. The summed E-state index contributed by atoms with van der Waals surface area (Å²) in [4.78, 5) is 39.5. The minimum absolute atomic E-state index is 0.000883. The summed E-state index contributed by atoms with van der Waals surface area (Å²) in [6, 6.07) is -0.850. The van der Waals surface area contributed by atoms with E-state index in [0.29, 0.717) is 13.2 Å². The highest BCUT2D eigenvalue weighted by atomic mass is 32.2. The molecule has 0 aromatic carbocycles. The number of β-lactam (4-membered cyclic amide) rings is 1. The van der Waals surface area contributed by atoms with Gasteiger partial charge in [0.05, 0.1) is 29.9 Å². The number of fused-ring (bicyclic) bond motifs is 1. The topological polar surface area (TPSA) is 95.9 Å². The van der Waals surface area contributed by atoms with Crippen molar-refractivity contribution in [3.63, 3.8) is 0 Å². The monoisotopic (exact) mass is 440 g/mol. The number of thioether (sulfide) groups is 1. The summed E-state index contributed by atoms with van der Waals surface area (Å²) in [7, 11) is 0. The Bertz CT molecular complexity index is 643. The average Bonchev–Trinajstić information content (AvgIpc) is 3.20. The molecule has 0 aromatic rings. The molecule has 2 amide bonds. The fourth-order valence-electron chi connectivity index (χ4n) is 5.07. The lowest BCUT2D eigenvalue weighted by molar-refractivity contribution is -0.172. The van der Waals surface area contributed by atoms with Gasteiger partial charge in [-0.3, -0.25) is 9.59 Å². The maximum absolute atomic E-state index is 13.0. The molecule has 2 N–H and O–H groups in total. The molecule has 7 unspecified atom stereocenters. The van der Waals surface area contributed by atoms with E-state index >= 15 is 0 Å². The number of nitrogens with zero attached hydrogens (tertiary/aromatic N) is 1. The molecular weight excluding hydrogens is 404 g/mol. The van der Waals surface area contributed by atoms with Gasteiger partial charge in [-0.1, -0.05) is 46.0 Å². The van der Waals surface area contributed by atoms with Crippen LogP contribution in [0.5, 0.6) is 0 Å². The second-order valence-electron chi connectivity index (χ2n) is 8.91. The van der Waals surface area contributed by atoms with Crippen LogP contribution in [0.4, 0.5) is 0 Å². The smallest absolute Gasteiger partial charge is 0.330 e. The quantitative estimate of drug-likeness (QED) is 0.290. The first kappa shape index (κ1) is 23.4. The maximum atomic E-state index is 13.0. The fourth-order valence-corrected chi connectivity index (χ4v) is 6.71. The SMILES string of the molecule is CCCCCCCCOC(=O)C1C(SC2CCNC2=O)C(C)C2C(C(C)O)C(=O)N12. The first-order valence-corrected chi connectivity index (χ1v) is 12.4. The van der Waals surface area contributed by atoms with Crippen molar-refractivity contribution in [1.29, 1.82) is 0 Å². The third-order valence-electron chi connectivity index (χ3n) is 6.72. The van der Waals surface area contributed by atoms with Crippen molar-refractivity contribution < 1.29 is 24.2 Å². The van der Waals surface area contributed by atoms with Gasteiger partial charge in [-0.05, 0) is 25.7 Å². The van der Waals surface area contributed by atoms with Crippen LogP contribution in [0.3, 0.4) is 0 Å². The molecular formula is C22H36N2O5S. The molecule has 3 rings (SSSR count). The number of ether oxygens (including phenoxy) is 1. The van der Waals surface area contributed by atoms with Crippen LogP contribution in [0.15, 0.2) is 0 Å². The molecule has 0 radical (unpaired) electrons. The van der Waals surface area contributed by atoms with Crippen molar-refractivity contribution in [1.82, 2.24) is 10.2 Å². The average molecular weight is 441 g/mol. The number of carbonyl (C=O) groups excluding carboxylic acids is 3. The largest absolute Gasteiger partial charge is 0.464 e. The molecule has 0 saturated carbocycles. The highest BCUT2D eigenvalue weighted by molar-refractivity contribution is 8.01. The van der Waals surface area contributed by atoms with Gasteiger partial charge in [0.25, 0.3) is 0 Å². The van der Waals surface area contributed by atoms with Crippen molar-refractivity contribution in [2.24, 2.45) is 11.8 Å². The van der Waals surface area contributed by atoms with Crippen LogP contribution >= 0.6 is 11.8 Å². The molecule has 30 heavy (non-hydrogen) atoms. The first-order chi connectivity index (χ1) is 14.4. The van der Waals surface area contributed by atoms with Gasteiger partial charge in [0.1, 0.15) is 6.04 Å². The summed E-state index contributed by atoms with van der Waals surface area (Å²) >= 11 is 1.50. The van der Waals surface area contributed by atoms with Crippen LogP contribution in [-0.2, 0) is 19.1 Å². The molecule has 3 aliphatic rings. The number of esters is 1. The highest BCUT2D eigenvalue weighted by Gasteiger charge is 2.65. The molecule has 170 valence electrons. The number of aliphatic hydroxyl groups is 1. The summed E-state index contributed by atoms with van der Waals surface area (Å²) in [6.45, 7) is 6.84. The van der Waals surface area contributed by atoms with Crippen molar-refractivity contribution in [2.45, 2.75) is 94.4 Å². The second kappa shape index (κ2) is 10.4. The molecule has 7 nitrogen and oxygen atoms in total. The number of amides is 2. The lowest BCUT2D eigenvalue weighted by atomic mass is 9.79. The molecule has 0 bridgehead atoms. The molecule has 0 aromatic heterocycles. The molecule has 3 fully saturated rings. The van der Waals surface area contributed by atoms with Gasteiger partial charge >= 0.3 is 5.97 Å². The van der Waals surface area contributed by atoms with Crippen molar-refractivity contribution >= 4 is 29.5 Å². The molecule has 3 aliphatic heterocycles. The van der Waals surface area contributed by atoms with Gasteiger partial charge < -0.3 is 20.1 Å². The summed E-state index contributed by atoms with van der Waals surface area (Å²) < 4.78 is 5.59. The zero-order valence-corrected chi connectivity index (χ0v) is 19.2. The molecule has 0 spiro atoms. The van der Waals surface area contributed by atoms with Crippen LogP contribution < -0.4 is 5.32 Å². The van der Waals surface area contributed by atoms with Crippen molar-refractivity contribution in [3.8, 4) is 0 Å². The van der Waals surface area contributed by atoms with E-state index in [1.165, 1.54) is 31.0 Å². The van der Waals surface area contributed by atoms with E-state index in [0.717, 1.165) is 25.7 Å². The van der Waals surface area contributed by atoms with Gasteiger partial charge in [-0.2, -0.15) is 0 Å².